The molecule has 94 valence electrons. The van der Waals surface area contributed by atoms with Crippen molar-refractivity contribution in [2.75, 3.05) is 27.2 Å². The number of rotatable bonds is 4. The van der Waals surface area contributed by atoms with Gasteiger partial charge in [-0.1, -0.05) is 13.8 Å². The molecule has 1 amide bonds. The highest BCUT2D eigenvalue weighted by Gasteiger charge is 2.32. The zero-order chi connectivity index (χ0) is 12.3. The number of hydrogen-bond acceptors (Lipinski definition) is 3. The fraction of sp³-hybridized carbons (Fsp3) is 0.917. The zero-order valence-corrected chi connectivity index (χ0v) is 10.9. The van der Waals surface area contributed by atoms with Crippen LogP contribution in [-0.2, 0) is 4.79 Å². The van der Waals surface area contributed by atoms with Gasteiger partial charge in [-0.2, -0.15) is 0 Å². The molecule has 0 aromatic heterocycles. The molecule has 1 saturated heterocycles. The smallest absolute Gasteiger partial charge is 0.240 e. The van der Waals surface area contributed by atoms with Gasteiger partial charge in [0, 0.05) is 19.1 Å². The lowest BCUT2D eigenvalue weighted by atomic mass is 10.0. The van der Waals surface area contributed by atoms with Crippen LogP contribution in [0.25, 0.3) is 0 Å². The zero-order valence-electron chi connectivity index (χ0n) is 10.9. The molecule has 1 unspecified atom stereocenters. The topological polar surface area (TPSA) is 49.6 Å². The van der Waals surface area contributed by atoms with E-state index < -0.39 is 0 Å². The average Bonchev–Trinajstić information content (AvgIpc) is 2.62. The molecule has 2 N–H and O–H groups in total. The molecular formula is C12H25N3O. The van der Waals surface area contributed by atoms with E-state index in [1.165, 1.54) is 0 Å². The molecule has 4 nitrogen and oxygen atoms in total. The van der Waals surface area contributed by atoms with E-state index in [1.807, 2.05) is 32.8 Å². The third kappa shape index (κ3) is 3.19. The highest BCUT2D eigenvalue weighted by molar-refractivity contribution is 5.82. The fourth-order valence-corrected chi connectivity index (χ4v) is 2.21. The van der Waals surface area contributed by atoms with Gasteiger partial charge in [-0.15, -0.1) is 0 Å². The summed E-state index contributed by atoms with van der Waals surface area (Å²) in [4.78, 5) is 16.3. The first kappa shape index (κ1) is 13.5. The minimum Gasteiger partial charge on any atom is -0.337 e. The van der Waals surface area contributed by atoms with Gasteiger partial charge in [-0.05, 0) is 32.9 Å². The molecule has 16 heavy (non-hydrogen) atoms. The minimum atomic E-state index is -0.345. The van der Waals surface area contributed by atoms with Crippen molar-refractivity contribution in [3.63, 3.8) is 0 Å². The molecular weight excluding hydrogens is 202 g/mol. The van der Waals surface area contributed by atoms with Crippen LogP contribution in [0.1, 0.15) is 26.7 Å². The summed E-state index contributed by atoms with van der Waals surface area (Å²) in [6, 6.07) is 0.00932. The summed E-state index contributed by atoms with van der Waals surface area (Å²) in [5, 5.41) is 0. The second-order valence-corrected chi connectivity index (χ2v) is 5.36. The van der Waals surface area contributed by atoms with E-state index in [9.17, 15) is 4.79 Å². The predicted molar refractivity (Wildman–Crippen MR) is 66.1 cm³/mol. The van der Waals surface area contributed by atoms with Gasteiger partial charge >= 0.3 is 0 Å². The first-order chi connectivity index (χ1) is 7.43. The largest absolute Gasteiger partial charge is 0.337 e. The number of nitrogens with two attached hydrogens (primary N) is 1. The summed E-state index contributed by atoms with van der Waals surface area (Å²) < 4.78 is 0. The summed E-state index contributed by atoms with van der Waals surface area (Å²) >= 11 is 0. The van der Waals surface area contributed by atoms with E-state index in [2.05, 4.69) is 4.90 Å². The molecule has 4 heteroatoms. The maximum absolute atomic E-state index is 12.2. The van der Waals surface area contributed by atoms with Crippen molar-refractivity contribution in [3.05, 3.63) is 0 Å². The maximum Gasteiger partial charge on any atom is 0.240 e. The molecule has 1 heterocycles. The summed E-state index contributed by atoms with van der Waals surface area (Å²) in [6.07, 6.45) is 2.21. The van der Waals surface area contributed by atoms with Gasteiger partial charge in [0.2, 0.25) is 5.91 Å². The molecule has 0 aromatic carbocycles. The third-order valence-electron chi connectivity index (χ3n) is 3.24. The average molecular weight is 227 g/mol. The number of hydrogen-bond donors (Lipinski definition) is 1. The molecule has 1 rings (SSSR count). The molecule has 1 fully saturated rings. The molecule has 1 aliphatic rings. The number of amides is 1. The third-order valence-corrected chi connectivity index (χ3v) is 3.24. The van der Waals surface area contributed by atoms with Crippen molar-refractivity contribution in [2.24, 2.45) is 11.7 Å². The van der Waals surface area contributed by atoms with Gasteiger partial charge in [0.15, 0.2) is 0 Å². The van der Waals surface area contributed by atoms with Crippen molar-refractivity contribution in [1.82, 2.24) is 9.80 Å². The van der Waals surface area contributed by atoms with Gasteiger partial charge in [0.25, 0.3) is 0 Å². The van der Waals surface area contributed by atoms with Crippen LogP contribution in [0.2, 0.25) is 0 Å². The van der Waals surface area contributed by atoms with Gasteiger partial charge < -0.3 is 15.5 Å². The Hall–Kier alpha value is -0.610. The van der Waals surface area contributed by atoms with Crippen LogP contribution in [-0.4, -0.2) is 55.0 Å². The van der Waals surface area contributed by atoms with E-state index in [-0.39, 0.29) is 17.9 Å². The van der Waals surface area contributed by atoms with Crippen LogP contribution in [0.3, 0.4) is 0 Å². The Kier molecular flexibility index (Phi) is 4.74. The molecule has 0 aromatic rings. The Morgan fingerprint density at radius 3 is 2.62 bits per heavy atom. The molecule has 1 aliphatic heterocycles. The second-order valence-electron chi connectivity index (χ2n) is 5.36. The quantitative estimate of drug-likeness (QED) is 0.762. The fourth-order valence-electron chi connectivity index (χ4n) is 2.21. The van der Waals surface area contributed by atoms with Gasteiger partial charge in [-0.3, -0.25) is 4.79 Å². The normalized spacial score (nSPS) is 23.2. The van der Waals surface area contributed by atoms with Crippen LogP contribution < -0.4 is 5.73 Å². The van der Waals surface area contributed by atoms with Crippen molar-refractivity contribution in [1.29, 1.82) is 0 Å². The summed E-state index contributed by atoms with van der Waals surface area (Å²) in [5.41, 5.74) is 5.93. The van der Waals surface area contributed by atoms with E-state index in [1.54, 1.807) is 0 Å². The van der Waals surface area contributed by atoms with Gasteiger partial charge in [-0.25, -0.2) is 0 Å². The molecule has 0 saturated carbocycles. The predicted octanol–water partition coefficient (Wildman–Crippen LogP) is 0.522. The van der Waals surface area contributed by atoms with Crippen LogP contribution in [0.5, 0.6) is 0 Å². The Morgan fingerprint density at radius 1 is 1.50 bits per heavy atom. The Labute approximate surface area is 98.8 Å². The summed E-state index contributed by atoms with van der Waals surface area (Å²) in [6.45, 7) is 5.81. The first-order valence-electron chi connectivity index (χ1n) is 6.14. The molecule has 2 atom stereocenters. The van der Waals surface area contributed by atoms with Crippen LogP contribution >= 0.6 is 0 Å². The Balaban J connectivity index is 2.60. The lowest BCUT2D eigenvalue weighted by molar-refractivity contribution is -0.134. The van der Waals surface area contributed by atoms with E-state index in [4.69, 9.17) is 5.73 Å². The monoisotopic (exact) mass is 227 g/mol. The standard InChI is InChI=1S/C12H25N3O/c1-9(2)11(13)12(16)15-7-5-6-10(15)8-14(3)4/h9-11H,5-8,13H2,1-4H3/t10?,11-/m1/s1. The van der Waals surface area contributed by atoms with E-state index >= 15 is 0 Å². The van der Waals surface area contributed by atoms with Crippen LogP contribution in [0.4, 0.5) is 0 Å². The van der Waals surface area contributed by atoms with Gasteiger partial charge in [0.05, 0.1) is 6.04 Å². The lowest BCUT2D eigenvalue weighted by Crippen LogP contribution is -2.50. The molecule has 0 bridgehead atoms. The Morgan fingerprint density at radius 2 is 2.12 bits per heavy atom. The number of carbonyl (C=O) groups excluding carboxylic acids is 1. The summed E-state index contributed by atoms with van der Waals surface area (Å²) in [5.74, 6) is 0.340. The van der Waals surface area contributed by atoms with Crippen molar-refractivity contribution in [3.8, 4) is 0 Å². The number of likely N-dealkylation sites (N-methyl/N-ethyl adjacent to an activating group) is 1. The molecule has 0 spiro atoms. The first-order valence-corrected chi connectivity index (χ1v) is 6.14. The lowest BCUT2D eigenvalue weighted by Gasteiger charge is -2.30. The van der Waals surface area contributed by atoms with Crippen molar-refractivity contribution >= 4 is 5.91 Å². The molecule has 0 aliphatic carbocycles. The summed E-state index contributed by atoms with van der Waals surface area (Å²) in [7, 11) is 4.09. The van der Waals surface area contributed by atoms with E-state index in [0.717, 1.165) is 25.9 Å². The number of nitrogens with zero attached hydrogens (tertiary/aromatic N) is 2. The highest BCUT2D eigenvalue weighted by Crippen LogP contribution is 2.19. The maximum atomic E-state index is 12.2. The Bertz CT molecular complexity index is 240. The van der Waals surface area contributed by atoms with E-state index in [0.29, 0.717) is 6.04 Å². The van der Waals surface area contributed by atoms with Crippen molar-refractivity contribution in [2.45, 2.75) is 38.8 Å². The second kappa shape index (κ2) is 5.64. The van der Waals surface area contributed by atoms with Crippen LogP contribution in [0, 0.1) is 5.92 Å². The van der Waals surface area contributed by atoms with Crippen LogP contribution in [0.15, 0.2) is 0 Å². The minimum absolute atomic E-state index is 0.124. The molecule has 0 radical (unpaired) electrons. The SMILES string of the molecule is CC(C)[C@@H](N)C(=O)N1CCCC1CN(C)C. The number of carbonyl (C=O) groups is 1. The number of likely N-dealkylation sites (tertiary alicyclic amines) is 1. The van der Waals surface area contributed by atoms with Crippen molar-refractivity contribution < 1.29 is 4.79 Å². The highest BCUT2D eigenvalue weighted by atomic mass is 16.2. The van der Waals surface area contributed by atoms with Gasteiger partial charge in [0.1, 0.15) is 0 Å².